The molecule has 0 radical (unpaired) electrons. The highest BCUT2D eigenvalue weighted by Crippen LogP contribution is 2.45. The van der Waals surface area contributed by atoms with Gasteiger partial charge < -0.3 is 14.5 Å². The number of rotatable bonds is 4. The Balaban J connectivity index is 1.38. The van der Waals surface area contributed by atoms with E-state index in [1.165, 1.54) is 42.1 Å². The van der Waals surface area contributed by atoms with Gasteiger partial charge in [-0.05, 0) is 81.0 Å². The highest BCUT2D eigenvalue weighted by Gasteiger charge is 2.20. The molecule has 194 valence electrons. The van der Waals surface area contributed by atoms with Gasteiger partial charge in [0.05, 0.1) is 12.4 Å². The second-order valence-corrected chi connectivity index (χ2v) is 13.2. The molecular weight excluding hydrogens is 519 g/mol. The van der Waals surface area contributed by atoms with Crippen molar-refractivity contribution in [3.63, 3.8) is 0 Å². The summed E-state index contributed by atoms with van der Waals surface area (Å²) in [6.07, 6.45) is 6.13. The minimum Gasteiger partial charge on any atom is -0.447 e. The molecule has 3 aromatic carbocycles. The first kappa shape index (κ1) is 24.2. The fraction of sp³-hybridized carbons (Fsp3) is 0.182. The molecule has 3 aromatic heterocycles. The van der Waals surface area contributed by atoms with Crippen LogP contribution in [-0.2, 0) is 5.41 Å². The van der Waals surface area contributed by atoms with Crippen LogP contribution in [0.1, 0.15) is 26.3 Å². The molecule has 1 aliphatic rings. The monoisotopic (exact) mass is 547 g/mol. The van der Waals surface area contributed by atoms with E-state index in [9.17, 15) is 0 Å². The third-order valence-corrected chi connectivity index (χ3v) is 9.15. The number of hydrogen-bond acceptors (Lipinski definition) is 6. The molecule has 0 N–H and O–H groups in total. The number of thiophene rings is 2. The highest BCUT2D eigenvalue weighted by atomic mass is 32.1. The summed E-state index contributed by atoms with van der Waals surface area (Å²) in [5, 5.41) is 7.95. The summed E-state index contributed by atoms with van der Waals surface area (Å²) >= 11 is 3.47. The van der Waals surface area contributed by atoms with Crippen LogP contribution in [0.5, 0.6) is 10.8 Å². The Morgan fingerprint density at radius 3 is 2.56 bits per heavy atom. The van der Waals surface area contributed by atoms with Crippen molar-refractivity contribution in [2.45, 2.75) is 26.2 Å². The summed E-state index contributed by atoms with van der Waals surface area (Å²) in [6.45, 7) is 7.58. The minimum absolute atomic E-state index is 0.0370. The molecule has 0 aliphatic carbocycles. The third kappa shape index (κ3) is 4.44. The SMILES string of the molecule is CN1C=CN(c2cccc(Oc3cc4c(-c5cc(C(C)(C)C)ccn5)c5cc6ccsc6cc5cc4s3)c2)C1. The first-order valence-electron chi connectivity index (χ1n) is 13.1. The maximum absolute atomic E-state index is 6.48. The van der Waals surface area contributed by atoms with Gasteiger partial charge in [-0.1, -0.05) is 38.2 Å². The molecular formula is C33H29N3OS2. The van der Waals surface area contributed by atoms with Crippen LogP contribution in [0.3, 0.4) is 0 Å². The summed E-state index contributed by atoms with van der Waals surface area (Å²) in [6, 6.07) is 24.0. The summed E-state index contributed by atoms with van der Waals surface area (Å²) in [7, 11) is 2.07. The van der Waals surface area contributed by atoms with Crippen molar-refractivity contribution >= 4 is 59.3 Å². The predicted molar refractivity (Wildman–Crippen MR) is 167 cm³/mol. The van der Waals surface area contributed by atoms with Crippen molar-refractivity contribution in [1.29, 1.82) is 0 Å². The summed E-state index contributed by atoms with van der Waals surface area (Å²) < 4.78 is 8.99. The fourth-order valence-electron chi connectivity index (χ4n) is 5.23. The Morgan fingerprint density at radius 2 is 1.74 bits per heavy atom. The van der Waals surface area contributed by atoms with E-state index >= 15 is 0 Å². The van der Waals surface area contributed by atoms with Crippen molar-refractivity contribution in [1.82, 2.24) is 9.88 Å². The van der Waals surface area contributed by atoms with E-state index in [0.717, 1.165) is 28.9 Å². The molecule has 4 nitrogen and oxygen atoms in total. The number of anilines is 1. The lowest BCUT2D eigenvalue weighted by Gasteiger charge is -2.20. The zero-order valence-electron chi connectivity index (χ0n) is 22.4. The van der Waals surface area contributed by atoms with Gasteiger partial charge in [-0.15, -0.1) is 11.3 Å². The Hall–Kier alpha value is -3.87. The summed E-state index contributed by atoms with van der Waals surface area (Å²) in [5.41, 5.74) is 4.61. The molecule has 0 fully saturated rings. The number of benzene rings is 3. The number of nitrogens with zero attached hydrogens (tertiary/aromatic N) is 3. The smallest absolute Gasteiger partial charge is 0.182 e. The van der Waals surface area contributed by atoms with Gasteiger partial charge in [0.2, 0.25) is 0 Å². The van der Waals surface area contributed by atoms with Gasteiger partial charge in [-0.25, -0.2) is 0 Å². The fourth-order valence-corrected chi connectivity index (χ4v) is 7.04. The summed E-state index contributed by atoms with van der Waals surface area (Å²) in [4.78, 5) is 9.26. The van der Waals surface area contributed by atoms with Crippen LogP contribution in [0.2, 0.25) is 0 Å². The van der Waals surface area contributed by atoms with Gasteiger partial charge in [-0.2, -0.15) is 0 Å². The second kappa shape index (κ2) is 9.11. The first-order chi connectivity index (χ1) is 18.8. The van der Waals surface area contributed by atoms with Crippen LogP contribution in [-0.4, -0.2) is 23.6 Å². The van der Waals surface area contributed by atoms with Crippen molar-refractivity contribution in [3.05, 3.63) is 96.3 Å². The molecule has 0 saturated carbocycles. The molecule has 1 aliphatic heterocycles. The third-order valence-electron chi connectivity index (χ3n) is 7.31. The molecule has 0 unspecified atom stereocenters. The van der Waals surface area contributed by atoms with E-state index in [1.54, 1.807) is 22.7 Å². The maximum atomic E-state index is 6.48. The molecule has 6 aromatic rings. The molecule has 0 saturated heterocycles. The molecule has 0 atom stereocenters. The molecule has 0 spiro atoms. The normalized spacial score (nSPS) is 13.8. The van der Waals surface area contributed by atoms with Gasteiger partial charge in [-0.3, -0.25) is 4.98 Å². The van der Waals surface area contributed by atoms with Crippen LogP contribution < -0.4 is 9.64 Å². The second-order valence-electron chi connectivity index (χ2n) is 11.2. The predicted octanol–water partition coefficient (Wildman–Crippen LogP) is 9.60. The van der Waals surface area contributed by atoms with Gasteiger partial charge in [0.1, 0.15) is 5.75 Å². The van der Waals surface area contributed by atoms with Crippen molar-refractivity contribution in [2.75, 3.05) is 18.6 Å². The highest BCUT2D eigenvalue weighted by molar-refractivity contribution is 7.21. The average molecular weight is 548 g/mol. The standard InChI is InChI=1S/C33H29N3OS2/c1-33(2,3)23-8-10-34-28(17-23)32-26-14-21-9-13-38-29(21)15-22(26)16-30-27(32)19-31(39-30)37-25-7-5-6-24(18-25)36-12-11-35(4)20-36/h5-19H,20H2,1-4H3. The van der Waals surface area contributed by atoms with E-state index < -0.39 is 0 Å². The van der Waals surface area contributed by atoms with Crippen molar-refractivity contribution in [2.24, 2.45) is 0 Å². The van der Waals surface area contributed by atoms with Crippen LogP contribution >= 0.6 is 22.7 Å². The maximum Gasteiger partial charge on any atom is 0.182 e. The number of aromatic nitrogens is 1. The number of hydrogen-bond donors (Lipinski definition) is 0. The van der Waals surface area contributed by atoms with Crippen LogP contribution in [0.25, 0.3) is 42.2 Å². The van der Waals surface area contributed by atoms with Crippen molar-refractivity contribution < 1.29 is 4.74 Å². The van der Waals surface area contributed by atoms with Crippen LogP contribution in [0, 0.1) is 0 Å². The van der Waals surface area contributed by atoms with E-state index in [2.05, 4.69) is 116 Å². The Morgan fingerprint density at radius 1 is 0.872 bits per heavy atom. The van der Waals surface area contributed by atoms with Gasteiger partial charge in [0.25, 0.3) is 0 Å². The van der Waals surface area contributed by atoms with E-state index in [0.29, 0.717) is 0 Å². The molecule has 6 heteroatoms. The molecule has 0 amide bonds. The van der Waals surface area contributed by atoms with Gasteiger partial charge >= 0.3 is 0 Å². The van der Waals surface area contributed by atoms with E-state index in [4.69, 9.17) is 9.72 Å². The topological polar surface area (TPSA) is 28.6 Å². The molecule has 7 rings (SSSR count). The van der Waals surface area contributed by atoms with Gasteiger partial charge in [0.15, 0.2) is 5.06 Å². The molecule has 4 heterocycles. The lowest BCUT2D eigenvalue weighted by molar-refractivity contribution is 0.490. The zero-order chi connectivity index (χ0) is 26.7. The Bertz CT molecular complexity index is 1890. The Kier molecular flexibility index (Phi) is 5.65. The van der Waals surface area contributed by atoms with Crippen molar-refractivity contribution in [3.8, 4) is 22.1 Å². The Labute approximate surface area is 236 Å². The quantitative estimate of drug-likeness (QED) is 0.220. The lowest BCUT2D eigenvalue weighted by Crippen LogP contribution is -2.21. The molecule has 39 heavy (non-hydrogen) atoms. The van der Waals surface area contributed by atoms with Crippen LogP contribution in [0.4, 0.5) is 5.69 Å². The number of ether oxygens (including phenoxy) is 1. The zero-order valence-corrected chi connectivity index (χ0v) is 24.1. The van der Waals surface area contributed by atoms with E-state index in [1.807, 2.05) is 12.3 Å². The number of fused-ring (bicyclic) bond motifs is 3. The summed E-state index contributed by atoms with van der Waals surface area (Å²) in [5.74, 6) is 0.835. The first-order valence-corrected chi connectivity index (χ1v) is 14.8. The van der Waals surface area contributed by atoms with Crippen LogP contribution in [0.15, 0.2) is 90.7 Å². The largest absolute Gasteiger partial charge is 0.447 e. The van der Waals surface area contributed by atoms with Gasteiger partial charge in [0, 0.05) is 63.8 Å². The minimum atomic E-state index is 0.0370. The average Bonchev–Trinajstić information content (AvgIpc) is 3.65. The van der Waals surface area contributed by atoms with E-state index in [-0.39, 0.29) is 5.41 Å². The molecule has 0 bridgehead atoms. The number of pyridine rings is 1. The lowest BCUT2D eigenvalue weighted by atomic mass is 9.86.